The Morgan fingerprint density at radius 1 is 1.62 bits per heavy atom. The van der Waals surface area contributed by atoms with Crippen LogP contribution in [0.25, 0.3) is 0 Å². The Morgan fingerprint density at radius 2 is 2.25 bits per heavy atom. The SMILES string of the molecule is Cc1cc(S(=O)(=O)N[C@H](C)CO)cnc1Cl. The molecule has 0 aliphatic rings. The van der Waals surface area contributed by atoms with E-state index in [0.29, 0.717) is 5.56 Å². The average molecular weight is 265 g/mol. The van der Waals surface area contributed by atoms with Crippen LogP contribution in [0.5, 0.6) is 0 Å². The van der Waals surface area contributed by atoms with E-state index in [0.717, 1.165) is 0 Å². The van der Waals surface area contributed by atoms with E-state index in [1.165, 1.54) is 12.3 Å². The summed E-state index contributed by atoms with van der Waals surface area (Å²) in [6, 6.07) is 0.892. The van der Waals surface area contributed by atoms with Crippen LogP contribution in [0.3, 0.4) is 0 Å². The molecule has 0 unspecified atom stereocenters. The number of halogens is 1. The Hall–Kier alpha value is -0.690. The van der Waals surface area contributed by atoms with Gasteiger partial charge < -0.3 is 5.11 Å². The number of rotatable bonds is 4. The highest BCUT2D eigenvalue weighted by atomic mass is 35.5. The van der Waals surface area contributed by atoms with Gasteiger partial charge >= 0.3 is 0 Å². The summed E-state index contributed by atoms with van der Waals surface area (Å²) < 4.78 is 25.8. The predicted octanol–water partition coefficient (Wildman–Crippen LogP) is 0.703. The number of pyridine rings is 1. The van der Waals surface area contributed by atoms with Gasteiger partial charge in [-0.25, -0.2) is 18.1 Å². The molecular formula is C9H13ClN2O3S. The first-order chi connectivity index (χ1) is 7.36. The van der Waals surface area contributed by atoms with Crippen molar-refractivity contribution in [3.05, 3.63) is 23.0 Å². The Morgan fingerprint density at radius 3 is 2.75 bits per heavy atom. The maximum absolute atomic E-state index is 11.8. The third-order valence-corrected chi connectivity index (χ3v) is 3.88. The topological polar surface area (TPSA) is 79.3 Å². The first-order valence-corrected chi connectivity index (χ1v) is 6.48. The number of aliphatic hydroxyl groups excluding tert-OH is 1. The van der Waals surface area contributed by atoms with E-state index in [9.17, 15) is 8.42 Å². The summed E-state index contributed by atoms with van der Waals surface area (Å²) in [4.78, 5) is 3.80. The van der Waals surface area contributed by atoms with Gasteiger partial charge in [0, 0.05) is 12.2 Å². The van der Waals surface area contributed by atoms with E-state index < -0.39 is 16.1 Å². The van der Waals surface area contributed by atoms with Gasteiger partial charge in [-0.1, -0.05) is 11.6 Å². The molecule has 5 nitrogen and oxygen atoms in total. The van der Waals surface area contributed by atoms with Gasteiger partial charge in [0.25, 0.3) is 0 Å². The van der Waals surface area contributed by atoms with E-state index >= 15 is 0 Å². The molecule has 1 atom stereocenters. The minimum Gasteiger partial charge on any atom is -0.395 e. The van der Waals surface area contributed by atoms with Crippen molar-refractivity contribution in [3.63, 3.8) is 0 Å². The normalized spacial score (nSPS) is 13.8. The lowest BCUT2D eigenvalue weighted by atomic mass is 10.3. The van der Waals surface area contributed by atoms with Crippen LogP contribution in [0.15, 0.2) is 17.2 Å². The molecule has 7 heteroatoms. The molecule has 0 bridgehead atoms. The molecule has 1 aromatic heterocycles. The fourth-order valence-corrected chi connectivity index (χ4v) is 2.42. The number of hydrogen-bond donors (Lipinski definition) is 2. The largest absolute Gasteiger partial charge is 0.395 e. The molecule has 0 saturated carbocycles. The third kappa shape index (κ3) is 3.15. The van der Waals surface area contributed by atoms with Crippen molar-refractivity contribution in [2.45, 2.75) is 24.8 Å². The zero-order chi connectivity index (χ0) is 12.3. The van der Waals surface area contributed by atoms with Gasteiger partial charge in [-0.05, 0) is 25.5 Å². The lowest BCUT2D eigenvalue weighted by Gasteiger charge is -2.11. The molecule has 0 spiro atoms. The molecule has 16 heavy (non-hydrogen) atoms. The molecule has 0 aliphatic heterocycles. The van der Waals surface area contributed by atoms with Crippen molar-refractivity contribution in [2.75, 3.05) is 6.61 Å². The predicted molar refractivity (Wildman–Crippen MR) is 60.9 cm³/mol. The van der Waals surface area contributed by atoms with Crippen LogP contribution in [0.2, 0.25) is 5.15 Å². The third-order valence-electron chi connectivity index (χ3n) is 1.93. The second-order valence-electron chi connectivity index (χ2n) is 3.48. The first kappa shape index (κ1) is 13.4. The number of aryl methyl sites for hydroxylation is 1. The monoisotopic (exact) mass is 264 g/mol. The number of sulfonamides is 1. The number of aromatic nitrogens is 1. The highest BCUT2D eigenvalue weighted by Gasteiger charge is 2.17. The Kier molecular flexibility index (Phi) is 4.26. The number of aliphatic hydroxyl groups is 1. The van der Waals surface area contributed by atoms with Gasteiger partial charge in [0.2, 0.25) is 10.0 Å². The molecule has 0 fully saturated rings. The summed E-state index contributed by atoms with van der Waals surface area (Å²) >= 11 is 5.70. The smallest absolute Gasteiger partial charge is 0.242 e. The van der Waals surface area contributed by atoms with Gasteiger partial charge in [-0.15, -0.1) is 0 Å². The van der Waals surface area contributed by atoms with Gasteiger partial charge in [0.1, 0.15) is 10.0 Å². The second kappa shape index (κ2) is 5.09. The van der Waals surface area contributed by atoms with Crippen molar-refractivity contribution in [3.8, 4) is 0 Å². The van der Waals surface area contributed by atoms with E-state index in [4.69, 9.17) is 16.7 Å². The zero-order valence-corrected chi connectivity index (χ0v) is 10.5. The lowest BCUT2D eigenvalue weighted by Crippen LogP contribution is -2.35. The van der Waals surface area contributed by atoms with Crippen molar-refractivity contribution < 1.29 is 13.5 Å². The van der Waals surface area contributed by atoms with Gasteiger partial charge in [-0.3, -0.25) is 0 Å². The van der Waals surface area contributed by atoms with E-state index in [1.807, 2.05) is 0 Å². The summed E-state index contributed by atoms with van der Waals surface area (Å²) in [5.74, 6) is 0. The first-order valence-electron chi connectivity index (χ1n) is 4.62. The fraction of sp³-hybridized carbons (Fsp3) is 0.444. The number of nitrogens with zero attached hydrogens (tertiary/aromatic N) is 1. The minimum absolute atomic E-state index is 0.0368. The van der Waals surface area contributed by atoms with Crippen LogP contribution in [0.1, 0.15) is 12.5 Å². The standard InChI is InChI=1S/C9H13ClN2O3S/c1-6-3-8(4-11-9(6)10)16(14,15)12-7(2)5-13/h3-4,7,12-13H,5H2,1-2H3/t7-/m1/s1. The molecule has 1 aromatic rings. The summed E-state index contributed by atoms with van der Waals surface area (Å²) in [6.45, 7) is 2.97. The molecule has 2 N–H and O–H groups in total. The quantitative estimate of drug-likeness (QED) is 0.785. The van der Waals surface area contributed by atoms with Gasteiger partial charge in [0.05, 0.1) is 6.61 Å². The molecular weight excluding hydrogens is 252 g/mol. The van der Waals surface area contributed by atoms with E-state index in [1.54, 1.807) is 13.8 Å². The molecule has 0 saturated heterocycles. The molecule has 0 radical (unpaired) electrons. The second-order valence-corrected chi connectivity index (χ2v) is 5.56. The van der Waals surface area contributed by atoms with Crippen molar-refractivity contribution in [2.24, 2.45) is 0 Å². The average Bonchev–Trinajstić information content (AvgIpc) is 2.21. The van der Waals surface area contributed by atoms with Gasteiger partial charge in [-0.2, -0.15) is 0 Å². The number of hydrogen-bond acceptors (Lipinski definition) is 4. The fourth-order valence-electron chi connectivity index (χ4n) is 1.05. The van der Waals surface area contributed by atoms with Crippen molar-refractivity contribution >= 4 is 21.6 Å². The number of nitrogens with one attached hydrogen (secondary N) is 1. The van der Waals surface area contributed by atoms with Crippen LogP contribution in [0, 0.1) is 6.92 Å². The summed E-state index contributed by atoms with van der Waals surface area (Å²) in [5.41, 5.74) is 0.584. The highest BCUT2D eigenvalue weighted by molar-refractivity contribution is 7.89. The molecule has 0 amide bonds. The maximum Gasteiger partial charge on any atom is 0.242 e. The van der Waals surface area contributed by atoms with Crippen LogP contribution in [-0.2, 0) is 10.0 Å². The zero-order valence-electron chi connectivity index (χ0n) is 8.94. The Bertz CT molecular complexity index is 476. The Balaban J connectivity index is 3.03. The van der Waals surface area contributed by atoms with Crippen LogP contribution < -0.4 is 4.72 Å². The molecule has 0 aliphatic carbocycles. The molecule has 1 rings (SSSR count). The van der Waals surface area contributed by atoms with Crippen LogP contribution in [0.4, 0.5) is 0 Å². The van der Waals surface area contributed by atoms with Crippen molar-refractivity contribution in [1.29, 1.82) is 0 Å². The van der Waals surface area contributed by atoms with Crippen LogP contribution in [-0.4, -0.2) is 31.2 Å². The van der Waals surface area contributed by atoms with Crippen molar-refractivity contribution in [1.82, 2.24) is 9.71 Å². The molecule has 1 heterocycles. The Labute approximate surface area is 99.5 Å². The summed E-state index contributed by atoms with van der Waals surface area (Å²) in [5, 5.41) is 9.05. The summed E-state index contributed by atoms with van der Waals surface area (Å²) in [6.07, 6.45) is 1.18. The summed E-state index contributed by atoms with van der Waals surface area (Å²) in [7, 11) is -3.64. The highest BCUT2D eigenvalue weighted by Crippen LogP contribution is 2.16. The van der Waals surface area contributed by atoms with E-state index in [-0.39, 0.29) is 16.7 Å². The lowest BCUT2D eigenvalue weighted by molar-refractivity contribution is 0.265. The maximum atomic E-state index is 11.8. The van der Waals surface area contributed by atoms with E-state index in [2.05, 4.69) is 9.71 Å². The molecule has 90 valence electrons. The van der Waals surface area contributed by atoms with Gasteiger partial charge in [0.15, 0.2) is 0 Å². The minimum atomic E-state index is -3.64. The molecule has 0 aromatic carbocycles. The van der Waals surface area contributed by atoms with Crippen LogP contribution >= 0.6 is 11.6 Å².